The Morgan fingerprint density at radius 1 is 1.47 bits per heavy atom. The van der Waals surface area contributed by atoms with Crippen molar-refractivity contribution in [2.45, 2.75) is 24.3 Å². The van der Waals surface area contributed by atoms with E-state index < -0.39 is 34.5 Å². The number of aliphatic hydroxyl groups excluding tert-OH is 1. The number of hydrogen-bond acceptors (Lipinski definition) is 4. The van der Waals surface area contributed by atoms with E-state index in [9.17, 15) is 17.6 Å². The van der Waals surface area contributed by atoms with Crippen molar-refractivity contribution in [1.29, 1.82) is 0 Å². The SMILES string of the molecule is Cc1ccc(F)cc1S(=O)(=O)N[C@H](CCO)C(=O)O. The largest absolute Gasteiger partial charge is 0.480 e. The summed E-state index contributed by atoms with van der Waals surface area (Å²) in [6.07, 6.45) is -0.275. The first kappa shape index (κ1) is 15.5. The molecule has 0 amide bonds. The summed E-state index contributed by atoms with van der Waals surface area (Å²) in [5.74, 6) is -2.15. The Bertz CT molecular complexity index is 572. The number of halogens is 1. The molecule has 106 valence electrons. The maximum atomic E-state index is 13.1. The number of carboxylic acid groups (broad SMARTS) is 1. The van der Waals surface area contributed by atoms with E-state index in [1.165, 1.54) is 13.0 Å². The molecule has 0 aromatic heterocycles. The maximum absolute atomic E-state index is 13.1. The molecule has 0 aliphatic heterocycles. The normalized spacial score (nSPS) is 13.2. The van der Waals surface area contributed by atoms with Crippen molar-refractivity contribution in [3.8, 4) is 0 Å². The molecule has 19 heavy (non-hydrogen) atoms. The third-order valence-electron chi connectivity index (χ3n) is 2.45. The van der Waals surface area contributed by atoms with Gasteiger partial charge in [-0.3, -0.25) is 4.79 Å². The van der Waals surface area contributed by atoms with Crippen molar-refractivity contribution in [2.75, 3.05) is 6.61 Å². The molecule has 0 fully saturated rings. The minimum absolute atomic E-state index is 0.275. The Labute approximate surface area is 109 Å². The van der Waals surface area contributed by atoms with Gasteiger partial charge in [0.25, 0.3) is 0 Å². The minimum Gasteiger partial charge on any atom is -0.480 e. The summed E-state index contributed by atoms with van der Waals surface area (Å²) in [6.45, 7) is 0.984. The third-order valence-corrected chi connectivity index (χ3v) is 4.07. The second kappa shape index (κ2) is 6.09. The second-order valence-electron chi connectivity index (χ2n) is 3.93. The van der Waals surface area contributed by atoms with Crippen LogP contribution in [0.15, 0.2) is 23.1 Å². The van der Waals surface area contributed by atoms with E-state index in [2.05, 4.69) is 0 Å². The van der Waals surface area contributed by atoms with E-state index in [1.54, 1.807) is 0 Å². The fourth-order valence-electron chi connectivity index (χ4n) is 1.48. The Kier molecular flexibility index (Phi) is 4.98. The highest BCUT2D eigenvalue weighted by Gasteiger charge is 2.26. The molecule has 1 aromatic rings. The van der Waals surface area contributed by atoms with E-state index in [0.29, 0.717) is 5.56 Å². The summed E-state index contributed by atoms with van der Waals surface area (Å²) in [4.78, 5) is 10.5. The molecule has 0 bridgehead atoms. The lowest BCUT2D eigenvalue weighted by Gasteiger charge is -2.14. The topological polar surface area (TPSA) is 104 Å². The van der Waals surface area contributed by atoms with Crippen molar-refractivity contribution in [1.82, 2.24) is 4.72 Å². The summed E-state index contributed by atoms with van der Waals surface area (Å²) in [5, 5.41) is 17.5. The van der Waals surface area contributed by atoms with Gasteiger partial charge < -0.3 is 10.2 Å². The van der Waals surface area contributed by atoms with Gasteiger partial charge in [-0.25, -0.2) is 12.8 Å². The van der Waals surface area contributed by atoms with E-state index >= 15 is 0 Å². The fraction of sp³-hybridized carbons (Fsp3) is 0.364. The minimum atomic E-state index is -4.16. The monoisotopic (exact) mass is 291 g/mol. The molecule has 6 nitrogen and oxygen atoms in total. The van der Waals surface area contributed by atoms with Crippen molar-refractivity contribution in [2.24, 2.45) is 0 Å². The average Bonchev–Trinajstić information content (AvgIpc) is 2.31. The number of benzene rings is 1. The predicted molar refractivity (Wildman–Crippen MR) is 64.6 cm³/mol. The smallest absolute Gasteiger partial charge is 0.321 e. The highest BCUT2D eigenvalue weighted by atomic mass is 32.2. The van der Waals surface area contributed by atoms with Gasteiger partial charge in [0.15, 0.2) is 0 Å². The number of sulfonamides is 1. The Morgan fingerprint density at radius 2 is 2.11 bits per heavy atom. The van der Waals surface area contributed by atoms with Gasteiger partial charge in [-0.15, -0.1) is 0 Å². The first-order valence-electron chi connectivity index (χ1n) is 5.40. The van der Waals surface area contributed by atoms with Gasteiger partial charge in [-0.2, -0.15) is 4.72 Å². The maximum Gasteiger partial charge on any atom is 0.321 e. The van der Waals surface area contributed by atoms with Gasteiger partial charge in [0.2, 0.25) is 10.0 Å². The molecule has 0 aliphatic carbocycles. The van der Waals surface area contributed by atoms with Crippen LogP contribution in [0.25, 0.3) is 0 Å². The first-order valence-corrected chi connectivity index (χ1v) is 6.88. The van der Waals surface area contributed by atoms with Crippen molar-refractivity contribution < 1.29 is 27.8 Å². The second-order valence-corrected chi connectivity index (χ2v) is 5.62. The predicted octanol–water partition coefficient (Wildman–Crippen LogP) is 0.248. The Morgan fingerprint density at radius 3 is 2.63 bits per heavy atom. The number of carboxylic acids is 1. The van der Waals surface area contributed by atoms with Gasteiger partial charge in [0.05, 0.1) is 4.90 Å². The number of hydrogen-bond donors (Lipinski definition) is 3. The molecule has 0 unspecified atom stereocenters. The molecule has 8 heteroatoms. The van der Waals surface area contributed by atoms with Gasteiger partial charge in [-0.05, 0) is 31.0 Å². The van der Waals surface area contributed by atoms with Crippen molar-refractivity contribution in [3.63, 3.8) is 0 Å². The van der Waals surface area contributed by atoms with Crippen LogP contribution in [0.3, 0.4) is 0 Å². The van der Waals surface area contributed by atoms with E-state index in [4.69, 9.17) is 10.2 Å². The molecule has 1 atom stereocenters. The zero-order chi connectivity index (χ0) is 14.6. The van der Waals surface area contributed by atoms with E-state index in [1.807, 2.05) is 4.72 Å². The van der Waals surface area contributed by atoms with Crippen LogP contribution in [0.2, 0.25) is 0 Å². The third kappa shape index (κ3) is 3.98. The standard InChI is InChI=1S/C11H14FNO5S/c1-7-2-3-8(12)6-10(7)19(17,18)13-9(4-5-14)11(15)16/h2-3,6,9,13-14H,4-5H2,1H3,(H,15,16)/t9-/m1/s1. The number of aliphatic hydroxyl groups is 1. The Hall–Kier alpha value is -1.51. The zero-order valence-electron chi connectivity index (χ0n) is 10.1. The Balaban J connectivity index is 3.10. The van der Waals surface area contributed by atoms with Crippen LogP contribution in [-0.2, 0) is 14.8 Å². The van der Waals surface area contributed by atoms with Crippen LogP contribution in [0.1, 0.15) is 12.0 Å². The van der Waals surface area contributed by atoms with Crippen LogP contribution in [0.5, 0.6) is 0 Å². The zero-order valence-corrected chi connectivity index (χ0v) is 10.9. The lowest BCUT2D eigenvalue weighted by Crippen LogP contribution is -2.41. The number of nitrogens with one attached hydrogen (secondary N) is 1. The highest BCUT2D eigenvalue weighted by molar-refractivity contribution is 7.89. The summed E-state index contributed by atoms with van der Waals surface area (Å²) >= 11 is 0. The van der Waals surface area contributed by atoms with Gasteiger partial charge in [0, 0.05) is 6.61 Å². The molecule has 0 heterocycles. The van der Waals surface area contributed by atoms with E-state index in [-0.39, 0.29) is 11.3 Å². The van der Waals surface area contributed by atoms with E-state index in [0.717, 1.165) is 12.1 Å². The number of aliphatic carboxylic acids is 1. The lowest BCUT2D eigenvalue weighted by molar-refractivity contribution is -0.139. The molecular weight excluding hydrogens is 277 g/mol. The highest BCUT2D eigenvalue weighted by Crippen LogP contribution is 2.17. The average molecular weight is 291 g/mol. The number of rotatable bonds is 6. The first-order chi connectivity index (χ1) is 8.77. The molecule has 0 radical (unpaired) electrons. The molecule has 0 spiro atoms. The summed E-state index contributed by atoms with van der Waals surface area (Å²) < 4.78 is 38.9. The fourth-order valence-corrected chi connectivity index (χ4v) is 2.96. The summed E-state index contributed by atoms with van der Waals surface area (Å²) in [6, 6.07) is 1.75. The quantitative estimate of drug-likeness (QED) is 0.697. The molecule has 1 rings (SSSR count). The van der Waals surface area contributed by atoms with Crippen LogP contribution >= 0.6 is 0 Å². The molecule has 0 saturated carbocycles. The molecule has 1 aromatic carbocycles. The molecule has 3 N–H and O–H groups in total. The van der Waals surface area contributed by atoms with Crippen LogP contribution in [0.4, 0.5) is 4.39 Å². The molecular formula is C11H14FNO5S. The lowest BCUT2D eigenvalue weighted by atomic mass is 10.2. The number of carbonyl (C=O) groups is 1. The van der Waals surface area contributed by atoms with Crippen LogP contribution in [-0.4, -0.2) is 37.2 Å². The van der Waals surface area contributed by atoms with Crippen LogP contribution < -0.4 is 4.72 Å². The van der Waals surface area contributed by atoms with Gasteiger partial charge in [0.1, 0.15) is 11.9 Å². The van der Waals surface area contributed by atoms with Crippen molar-refractivity contribution in [3.05, 3.63) is 29.6 Å². The summed E-state index contributed by atoms with van der Waals surface area (Å²) in [7, 11) is -4.16. The van der Waals surface area contributed by atoms with Gasteiger partial charge in [-0.1, -0.05) is 6.07 Å². The van der Waals surface area contributed by atoms with Crippen LogP contribution in [0, 0.1) is 12.7 Å². The van der Waals surface area contributed by atoms with Gasteiger partial charge >= 0.3 is 5.97 Å². The molecule has 0 saturated heterocycles. The number of aryl methyl sites for hydroxylation is 1. The summed E-state index contributed by atoms with van der Waals surface area (Å²) in [5.41, 5.74) is 0.294. The molecule has 0 aliphatic rings. The van der Waals surface area contributed by atoms with Crippen molar-refractivity contribution >= 4 is 16.0 Å².